The van der Waals surface area contributed by atoms with Gasteiger partial charge in [0.05, 0.1) is 17.0 Å². The molecule has 1 N–H and O–H groups in total. The second kappa shape index (κ2) is 5.52. The Kier molecular flexibility index (Phi) is 4.14. The molecule has 2 rings (SSSR count). The van der Waals surface area contributed by atoms with Crippen LogP contribution in [0, 0.1) is 5.41 Å². The summed E-state index contributed by atoms with van der Waals surface area (Å²) in [6.45, 7) is 5.61. The van der Waals surface area contributed by atoms with Gasteiger partial charge in [0.25, 0.3) is 0 Å². The topological polar surface area (TPSA) is 49.7 Å². The minimum Gasteiger partial charge on any atom is -0.511 e. The fraction of sp³-hybridized carbons (Fsp3) is 0.375. The molecule has 0 unspecified atom stereocenters. The van der Waals surface area contributed by atoms with E-state index in [0.717, 1.165) is 10.2 Å². The maximum Gasteiger partial charge on any atom is 0.165 e. The highest BCUT2D eigenvalue weighted by molar-refractivity contribution is 9.10. The van der Waals surface area contributed by atoms with Gasteiger partial charge in [0.1, 0.15) is 5.76 Å². The van der Waals surface area contributed by atoms with Crippen molar-refractivity contribution in [2.75, 3.05) is 0 Å². The van der Waals surface area contributed by atoms with Gasteiger partial charge in [-0.2, -0.15) is 0 Å². The quantitative estimate of drug-likeness (QED) is 0.848. The molecule has 0 amide bonds. The number of rotatable bonds is 2. The summed E-state index contributed by atoms with van der Waals surface area (Å²) in [4.78, 5) is 16.3. The average Bonchev–Trinajstić information content (AvgIpc) is 2.29. The summed E-state index contributed by atoms with van der Waals surface area (Å²) in [7, 11) is 0. The summed E-state index contributed by atoms with van der Waals surface area (Å²) in [5, 5.41) is 10.1. The number of Topliss-reactive ketones (excluding diaryl/α,β-unsaturated/α-hetero) is 1. The molecule has 1 aliphatic carbocycles. The molecule has 0 saturated carbocycles. The van der Waals surface area contributed by atoms with E-state index in [1.54, 1.807) is 0 Å². The van der Waals surface area contributed by atoms with Crippen molar-refractivity contribution >= 4 is 33.1 Å². The lowest BCUT2D eigenvalue weighted by molar-refractivity contribution is -0.113. The summed E-state index contributed by atoms with van der Waals surface area (Å²) in [6.07, 6.45) is 1.20. The number of halogens is 1. The first kappa shape index (κ1) is 15.0. The molecule has 0 atom stereocenters. The molecule has 3 nitrogen and oxygen atoms in total. The Hall–Kier alpha value is -1.42. The smallest absolute Gasteiger partial charge is 0.165 e. The molecule has 106 valence electrons. The zero-order valence-corrected chi connectivity index (χ0v) is 13.5. The molecule has 1 aromatic carbocycles. The number of aliphatic hydroxyl groups excluding tert-OH is 1. The normalized spacial score (nSPS) is 20.3. The Labute approximate surface area is 127 Å². The van der Waals surface area contributed by atoms with Gasteiger partial charge in [-0.1, -0.05) is 29.8 Å². The van der Waals surface area contributed by atoms with Gasteiger partial charge in [0, 0.05) is 10.9 Å². The summed E-state index contributed by atoms with van der Waals surface area (Å²) >= 11 is 3.38. The third kappa shape index (κ3) is 3.37. The van der Waals surface area contributed by atoms with Crippen molar-refractivity contribution in [2.24, 2.45) is 10.4 Å². The van der Waals surface area contributed by atoms with E-state index in [2.05, 4.69) is 34.8 Å². The predicted molar refractivity (Wildman–Crippen MR) is 84.6 cm³/mol. The number of carbonyl (C=O) groups excluding carboxylic acids is 1. The minimum absolute atomic E-state index is 0.0861. The highest BCUT2D eigenvalue weighted by atomic mass is 79.9. The summed E-state index contributed by atoms with van der Waals surface area (Å²) < 4.78 is 0.982. The van der Waals surface area contributed by atoms with E-state index >= 15 is 0 Å². The molecule has 0 radical (unpaired) electrons. The highest BCUT2D eigenvalue weighted by Gasteiger charge is 2.33. The number of nitrogens with zero attached hydrogens (tertiary/aromatic N) is 1. The molecule has 0 spiro atoms. The van der Waals surface area contributed by atoms with Crippen molar-refractivity contribution in [1.29, 1.82) is 0 Å². The van der Waals surface area contributed by atoms with Gasteiger partial charge in [-0.15, -0.1) is 0 Å². The molecule has 0 aromatic heterocycles. The number of allylic oxidation sites excluding steroid dienone is 2. The van der Waals surface area contributed by atoms with Crippen LogP contribution in [-0.2, 0) is 4.79 Å². The van der Waals surface area contributed by atoms with Crippen molar-refractivity contribution in [3.05, 3.63) is 40.1 Å². The largest absolute Gasteiger partial charge is 0.511 e. The third-order valence-electron chi connectivity index (χ3n) is 3.31. The summed E-state index contributed by atoms with van der Waals surface area (Å²) in [5.74, 6) is 0.0264. The zero-order valence-electron chi connectivity index (χ0n) is 11.9. The number of ketones is 1. The lowest BCUT2D eigenvalue weighted by Gasteiger charge is -2.31. The van der Waals surface area contributed by atoms with Gasteiger partial charge in [0.2, 0.25) is 0 Å². The standard InChI is InChI=1S/C16H18BrNO2/c1-10(19)15-13(8-16(2,3)9-14(15)20)18-12-6-4-11(17)5-7-12/h4-7,20H,8-9H2,1-3H3. The van der Waals surface area contributed by atoms with Crippen LogP contribution in [-0.4, -0.2) is 16.6 Å². The second-order valence-electron chi connectivity index (χ2n) is 5.93. The number of aliphatic imine (C=N–C) groups is 1. The van der Waals surface area contributed by atoms with E-state index < -0.39 is 0 Å². The van der Waals surface area contributed by atoms with Crippen molar-refractivity contribution in [3.8, 4) is 0 Å². The molecular weight excluding hydrogens is 318 g/mol. The first-order valence-corrected chi connectivity index (χ1v) is 7.34. The molecule has 1 aromatic rings. The lowest BCUT2D eigenvalue weighted by atomic mass is 9.75. The van der Waals surface area contributed by atoms with E-state index in [4.69, 9.17) is 0 Å². The van der Waals surface area contributed by atoms with Gasteiger partial charge in [0.15, 0.2) is 5.78 Å². The Balaban J connectivity index is 2.48. The van der Waals surface area contributed by atoms with Crippen LogP contribution in [0.2, 0.25) is 0 Å². The summed E-state index contributed by atoms with van der Waals surface area (Å²) in [6, 6.07) is 7.58. The monoisotopic (exact) mass is 335 g/mol. The Morgan fingerprint density at radius 2 is 1.85 bits per heavy atom. The number of aliphatic hydroxyl groups is 1. The lowest BCUT2D eigenvalue weighted by Crippen LogP contribution is -2.28. The van der Waals surface area contributed by atoms with Crippen LogP contribution in [0.3, 0.4) is 0 Å². The van der Waals surface area contributed by atoms with Crippen LogP contribution in [0.5, 0.6) is 0 Å². The molecular formula is C16H18BrNO2. The molecule has 0 bridgehead atoms. The Bertz CT molecular complexity index is 597. The average molecular weight is 336 g/mol. The van der Waals surface area contributed by atoms with Crippen LogP contribution in [0.15, 0.2) is 45.1 Å². The van der Waals surface area contributed by atoms with E-state index in [9.17, 15) is 9.90 Å². The van der Waals surface area contributed by atoms with Crippen LogP contribution < -0.4 is 0 Å². The molecule has 0 saturated heterocycles. The molecule has 20 heavy (non-hydrogen) atoms. The second-order valence-corrected chi connectivity index (χ2v) is 6.85. The van der Waals surface area contributed by atoms with Crippen molar-refractivity contribution in [2.45, 2.75) is 33.6 Å². The van der Waals surface area contributed by atoms with E-state index in [1.807, 2.05) is 24.3 Å². The van der Waals surface area contributed by atoms with Gasteiger partial charge >= 0.3 is 0 Å². The summed E-state index contributed by atoms with van der Waals surface area (Å²) in [5.41, 5.74) is 1.75. The van der Waals surface area contributed by atoms with Gasteiger partial charge < -0.3 is 5.11 Å². The molecule has 4 heteroatoms. The van der Waals surface area contributed by atoms with E-state index in [1.165, 1.54) is 6.92 Å². The van der Waals surface area contributed by atoms with Crippen LogP contribution in [0.1, 0.15) is 33.6 Å². The maximum absolute atomic E-state index is 11.8. The Morgan fingerprint density at radius 3 is 2.40 bits per heavy atom. The van der Waals surface area contributed by atoms with Crippen LogP contribution in [0.4, 0.5) is 5.69 Å². The number of benzene rings is 1. The predicted octanol–water partition coefficient (Wildman–Crippen LogP) is 4.74. The number of carbonyl (C=O) groups is 1. The van der Waals surface area contributed by atoms with Crippen molar-refractivity contribution < 1.29 is 9.90 Å². The van der Waals surface area contributed by atoms with Gasteiger partial charge in [-0.05, 0) is 43.0 Å². The van der Waals surface area contributed by atoms with E-state index in [-0.39, 0.29) is 17.0 Å². The number of hydrogen-bond donors (Lipinski definition) is 1. The maximum atomic E-state index is 11.8. The Morgan fingerprint density at radius 1 is 1.25 bits per heavy atom. The first-order valence-electron chi connectivity index (χ1n) is 6.55. The first-order chi connectivity index (χ1) is 9.28. The fourth-order valence-corrected chi connectivity index (χ4v) is 2.75. The van der Waals surface area contributed by atoms with Gasteiger partial charge in [-0.3, -0.25) is 9.79 Å². The fourth-order valence-electron chi connectivity index (χ4n) is 2.49. The molecule has 0 heterocycles. The third-order valence-corrected chi connectivity index (χ3v) is 3.84. The molecule has 0 fully saturated rings. The highest BCUT2D eigenvalue weighted by Crippen LogP contribution is 2.37. The van der Waals surface area contributed by atoms with Gasteiger partial charge in [-0.25, -0.2) is 0 Å². The SMILES string of the molecule is CC(=O)C1=C(O)CC(C)(C)CC1=Nc1ccc(Br)cc1. The van der Waals surface area contributed by atoms with Crippen LogP contribution in [0.25, 0.3) is 0 Å². The van der Waals surface area contributed by atoms with E-state index in [0.29, 0.717) is 24.1 Å². The zero-order chi connectivity index (χ0) is 14.9. The minimum atomic E-state index is -0.131. The van der Waals surface area contributed by atoms with Crippen molar-refractivity contribution in [3.63, 3.8) is 0 Å². The van der Waals surface area contributed by atoms with Crippen LogP contribution >= 0.6 is 15.9 Å². The molecule has 0 aliphatic heterocycles. The van der Waals surface area contributed by atoms with Crippen molar-refractivity contribution in [1.82, 2.24) is 0 Å². The molecule has 1 aliphatic rings. The number of hydrogen-bond acceptors (Lipinski definition) is 3.